The van der Waals surface area contributed by atoms with Gasteiger partial charge in [-0.25, -0.2) is 8.78 Å². The van der Waals surface area contributed by atoms with Gasteiger partial charge in [-0.15, -0.1) is 6.42 Å². The number of nitrogens with one attached hydrogen (secondary N) is 2. The third-order valence-electron chi connectivity index (χ3n) is 11.0. The molecule has 0 radical (unpaired) electrons. The normalized spacial score (nSPS) is 26.2. The van der Waals surface area contributed by atoms with Crippen molar-refractivity contribution in [1.29, 1.82) is 0 Å². The van der Waals surface area contributed by atoms with E-state index in [1.54, 1.807) is 24.3 Å². The van der Waals surface area contributed by atoms with E-state index in [1.807, 2.05) is 0 Å². The van der Waals surface area contributed by atoms with E-state index in [2.05, 4.69) is 31.3 Å². The van der Waals surface area contributed by atoms with Crippen molar-refractivity contribution in [2.75, 3.05) is 50.8 Å². The Morgan fingerprint density at radius 1 is 1.07 bits per heavy atom. The number of hydrogen-bond acceptors (Lipinski definition) is 8. The molecule has 1 aromatic heterocycles. The topological polar surface area (TPSA) is 85.8 Å². The average Bonchev–Trinajstić information content (AvgIpc) is 3.59. The van der Waals surface area contributed by atoms with E-state index in [9.17, 15) is 5.11 Å². The first-order valence-corrected chi connectivity index (χ1v) is 16.4. The maximum Gasteiger partial charge on any atom is 0.319 e. The molecule has 5 aliphatic rings. The summed E-state index contributed by atoms with van der Waals surface area (Å²) in [6, 6.07) is 10.8. The first-order chi connectivity index (χ1) is 22.4. The highest BCUT2D eigenvalue weighted by molar-refractivity contribution is 6.04. The third kappa shape index (κ3) is 4.59. The maximum absolute atomic E-state index is 16.9. The van der Waals surface area contributed by atoms with Crippen LogP contribution in [0.1, 0.15) is 31.2 Å². The lowest BCUT2D eigenvalue weighted by molar-refractivity contribution is 0.0208. The standard InChI is InChI=1S/C36H36F2N6O2/c1-2-20-4-3-5-21-10-25(45)11-26(30(20)21)31-28(37)12-27-33(32(31)38)41-35(42-34(27)43-16-23-6-7-24(17-43)40-23)46-19-36(8-9-36)18-44-15-22-13-39-14-29(22)44/h1,3-5,10-12,22-24,29,39-40,45H,6-9,13-19H2. The summed E-state index contributed by atoms with van der Waals surface area (Å²) in [6.45, 7) is 6.06. The van der Waals surface area contributed by atoms with Gasteiger partial charge in [0.25, 0.3) is 0 Å². The Kier molecular flexibility index (Phi) is 6.43. The molecule has 3 aromatic carbocycles. The van der Waals surface area contributed by atoms with Gasteiger partial charge in [-0.2, -0.15) is 9.97 Å². The second kappa shape index (κ2) is 10.5. The number of ether oxygens (including phenoxy) is 1. The molecule has 46 heavy (non-hydrogen) atoms. The fraction of sp³-hybridized carbons (Fsp3) is 0.444. The Balaban J connectivity index is 1.14. The molecular weight excluding hydrogens is 586 g/mol. The van der Waals surface area contributed by atoms with Crippen molar-refractivity contribution in [1.82, 2.24) is 25.5 Å². The van der Waals surface area contributed by atoms with Crippen molar-refractivity contribution < 1.29 is 18.6 Å². The molecule has 1 aliphatic carbocycles. The van der Waals surface area contributed by atoms with Crippen LogP contribution in [0, 0.1) is 35.3 Å². The molecule has 2 bridgehead atoms. The van der Waals surface area contributed by atoms with Crippen LogP contribution >= 0.6 is 0 Å². The summed E-state index contributed by atoms with van der Waals surface area (Å²) in [4.78, 5) is 14.1. The molecule has 4 unspecified atom stereocenters. The summed E-state index contributed by atoms with van der Waals surface area (Å²) < 4.78 is 39.5. The molecular formula is C36H36F2N6O2. The van der Waals surface area contributed by atoms with Crippen LogP contribution in [0.15, 0.2) is 36.4 Å². The Morgan fingerprint density at radius 3 is 2.65 bits per heavy atom. The van der Waals surface area contributed by atoms with Crippen LogP contribution in [-0.2, 0) is 0 Å². The van der Waals surface area contributed by atoms with Crippen LogP contribution in [0.5, 0.6) is 11.8 Å². The van der Waals surface area contributed by atoms with E-state index in [-0.39, 0.29) is 33.8 Å². The molecule has 4 aliphatic heterocycles. The highest BCUT2D eigenvalue weighted by atomic mass is 19.1. The summed E-state index contributed by atoms with van der Waals surface area (Å²) in [6.07, 6.45) is 10.1. The first-order valence-electron chi connectivity index (χ1n) is 16.4. The number of terminal acetylenes is 1. The van der Waals surface area contributed by atoms with Gasteiger partial charge in [-0.3, -0.25) is 4.90 Å². The molecule has 9 rings (SSSR count). The van der Waals surface area contributed by atoms with Crippen molar-refractivity contribution in [3.05, 3.63) is 53.6 Å². The van der Waals surface area contributed by atoms with E-state index in [1.165, 1.54) is 12.1 Å². The third-order valence-corrected chi connectivity index (χ3v) is 11.0. The van der Waals surface area contributed by atoms with E-state index in [0.29, 0.717) is 65.4 Å². The number of nitrogens with zero attached hydrogens (tertiary/aromatic N) is 4. The molecule has 3 N–H and O–H groups in total. The lowest BCUT2D eigenvalue weighted by atomic mass is 9.90. The molecule has 10 heteroatoms. The van der Waals surface area contributed by atoms with Crippen LogP contribution in [0.25, 0.3) is 32.8 Å². The van der Waals surface area contributed by atoms with Gasteiger partial charge in [0.1, 0.15) is 22.9 Å². The molecule has 5 fully saturated rings. The van der Waals surface area contributed by atoms with Gasteiger partial charge in [-0.05, 0) is 55.3 Å². The number of likely N-dealkylation sites (tertiary alicyclic amines) is 1. The molecule has 4 aromatic rings. The summed E-state index contributed by atoms with van der Waals surface area (Å²) in [5.41, 5.74) is 0.396. The molecule has 8 nitrogen and oxygen atoms in total. The number of benzene rings is 3. The van der Waals surface area contributed by atoms with E-state index < -0.39 is 11.6 Å². The van der Waals surface area contributed by atoms with Crippen molar-refractivity contribution in [3.63, 3.8) is 0 Å². The fourth-order valence-electron chi connectivity index (χ4n) is 8.40. The number of fused-ring (bicyclic) bond motifs is 5. The minimum absolute atomic E-state index is 0.00979. The number of hydrogen-bond donors (Lipinski definition) is 3. The minimum Gasteiger partial charge on any atom is -0.508 e. The number of piperazine rings is 1. The largest absolute Gasteiger partial charge is 0.508 e. The Hall–Kier alpha value is -4.04. The van der Waals surface area contributed by atoms with Crippen LogP contribution in [0.4, 0.5) is 14.6 Å². The summed E-state index contributed by atoms with van der Waals surface area (Å²) in [7, 11) is 0. The molecule has 236 valence electrons. The monoisotopic (exact) mass is 622 g/mol. The van der Waals surface area contributed by atoms with Gasteiger partial charge < -0.3 is 25.4 Å². The van der Waals surface area contributed by atoms with Gasteiger partial charge in [0, 0.05) is 90.6 Å². The second-order valence-corrected chi connectivity index (χ2v) is 14.1. The summed E-state index contributed by atoms with van der Waals surface area (Å²) >= 11 is 0. The molecule has 4 saturated heterocycles. The van der Waals surface area contributed by atoms with Crippen molar-refractivity contribution in [2.45, 2.75) is 43.8 Å². The van der Waals surface area contributed by atoms with Crippen LogP contribution < -0.4 is 20.3 Å². The minimum atomic E-state index is -0.832. The van der Waals surface area contributed by atoms with Crippen LogP contribution in [0.2, 0.25) is 0 Å². The molecule has 4 atom stereocenters. The van der Waals surface area contributed by atoms with Crippen LogP contribution in [0.3, 0.4) is 0 Å². The highest BCUT2D eigenvalue weighted by Crippen LogP contribution is 2.49. The van der Waals surface area contributed by atoms with Gasteiger partial charge in [0.15, 0.2) is 5.82 Å². The van der Waals surface area contributed by atoms with Crippen molar-refractivity contribution >= 4 is 27.5 Å². The lowest BCUT2D eigenvalue weighted by Gasteiger charge is -2.45. The fourth-order valence-corrected chi connectivity index (χ4v) is 8.40. The zero-order valence-electron chi connectivity index (χ0n) is 25.5. The van der Waals surface area contributed by atoms with Gasteiger partial charge in [0.2, 0.25) is 0 Å². The van der Waals surface area contributed by atoms with Gasteiger partial charge in [-0.1, -0.05) is 18.1 Å². The highest BCUT2D eigenvalue weighted by Gasteiger charge is 2.51. The van der Waals surface area contributed by atoms with E-state index >= 15 is 8.78 Å². The maximum atomic E-state index is 16.9. The number of phenols is 1. The number of phenolic OH excluding ortho intramolecular Hbond substituents is 1. The Morgan fingerprint density at radius 2 is 1.89 bits per heavy atom. The summed E-state index contributed by atoms with van der Waals surface area (Å²) in [5.74, 6) is 2.14. The number of anilines is 1. The zero-order valence-corrected chi connectivity index (χ0v) is 25.5. The van der Waals surface area contributed by atoms with Crippen LogP contribution in [-0.4, -0.2) is 84.0 Å². The quantitative estimate of drug-likeness (QED) is 0.262. The van der Waals surface area contributed by atoms with E-state index in [4.69, 9.17) is 16.1 Å². The number of rotatable bonds is 7. The van der Waals surface area contributed by atoms with Crippen molar-refractivity contribution in [2.24, 2.45) is 11.3 Å². The predicted molar refractivity (Wildman–Crippen MR) is 173 cm³/mol. The Bertz CT molecular complexity index is 1930. The van der Waals surface area contributed by atoms with E-state index in [0.717, 1.165) is 57.8 Å². The SMILES string of the molecule is C#Cc1cccc2cc(O)cc(-c3c(F)cc4c(N5CC6CCC(C5)N6)nc(OCC5(CN6CC7CNCC76)CC5)nc4c3F)c12. The average molecular weight is 623 g/mol. The lowest BCUT2D eigenvalue weighted by Crippen LogP contribution is -2.57. The number of aromatic nitrogens is 2. The molecule has 1 saturated carbocycles. The molecule has 0 amide bonds. The number of halogens is 2. The smallest absolute Gasteiger partial charge is 0.319 e. The first kappa shape index (κ1) is 28.2. The van der Waals surface area contributed by atoms with Gasteiger partial charge in [0.05, 0.1) is 12.2 Å². The summed E-state index contributed by atoms with van der Waals surface area (Å²) in [5, 5.41) is 19.1. The molecule has 0 spiro atoms. The van der Waals surface area contributed by atoms with Gasteiger partial charge >= 0.3 is 6.01 Å². The Labute approximate surface area is 266 Å². The zero-order chi connectivity index (χ0) is 31.2. The molecule has 5 heterocycles. The predicted octanol–water partition coefficient (Wildman–Crippen LogP) is 4.42. The van der Waals surface area contributed by atoms with Crippen molar-refractivity contribution in [3.8, 4) is 35.2 Å². The number of aromatic hydroxyl groups is 1. The second-order valence-electron chi connectivity index (χ2n) is 14.1.